The molecular weight excluding hydrogens is 2460 g/mol. The predicted octanol–water partition coefficient (Wildman–Crippen LogP) is 15.1. The molecular formula is C101H142ClF9I4K2N6O23. The number of rotatable bonds is 29. The van der Waals surface area contributed by atoms with Gasteiger partial charge in [-0.2, -0.15) is 39.5 Å². The Morgan fingerprint density at radius 1 is 0.466 bits per heavy atom. The number of phenols is 1. The van der Waals surface area contributed by atoms with Crippen molar-refractivity contribution < 1.29 is 256 Å². The molecule has 12 N–H and O–H groups in total. The number of nitrogens with two attached hydrogens (primary N) is 1. The minimum Gasteiger partial charge on any atom is -1.00 e. The van der Waals surface area contributed by atoms with E-state index in [0.717, 1.165) is 123 Å². The van der Waals surface area contributed by atoms with E-state index in [1.807, 2.05) is 157 Å². The van der Waals surface area contributed by atoms with Crippen LogP contribution in [0.1, 0.15) is 213 Å². The van der Waals surface area contributed by atoms with E-state index in [0.29, 0.717) is 43.5 Å². The van der Waals surface area contributed by atoms with Gasteiger partial charge in [-0.1, -0.05) is 137 Å². The molecule has 0 aromatic heterocycles. The summed E-state index contributed by atoms with van der Waals surface area (Å²) in [4.78, 5) is 77.1. The number of halogens is 14. The van der Waals surface area contributed by atoms with Gasteiger partial charge in [-0.3, -0.25) is 19.2 Å². The van der Waals surface area contributed by atoms with Crippen molar-refractivity contribution in [2.45, 2.75) is 283 Å². The summed E-state index contributed by atoms with van der Waals surface area (Å²) >= 11 is 14.1. The maximum Gasteiger partial charge on any atom is 1.00 e. The second-order valence-corrected chi connectivity index (χ2v) is 39.7. The van der Waals surface area contributed by atoms with Gasteiger partial charge in [0.25, 0.3) is 6.47 Å². The van der Waals surface area contributed by atoms with E-state index in [1.54, 1.807) is 120 Å². The van der Waals surface area contributed by atoms with Crippen molar-refractivity contribution in [3.63, 3.8) is 0 Å². The van der Waals surface area contributed by atoms with Crippen LogP contribution in [0.4, 0.5) is 49.1 Å². The zero-order valence-electron chi connectivity index (χ0n) is 86.7. The number of carbonyl (C=O) groups is 7. The molecule has 3 aliphatic rings. The molecule has 6 aromatic carbocycles. The van der Waals surface area contributed by atoms with Crippen LogP contribution in [-0.2, 0) is 47.8 Å². The van der Waals surface area contributed by atoms with Crippen molar-refractivity contribution in [3.8, 4) is 34.5 Å². The fraction of sp³-hybridized carbons (Fsp3) is 0.515. The summed E-state index contributed by atoms with van der Waals surface area (Å²) in [5, 5.41) is 65.2. The van der Waals surface area contributed by atoms with Crippen molar-refractivity contribution in [3.05, 3.63) is 196 Å². The first-order valence-corrected chi connectivity index (χ1v) is 50.7. The molecule has 814 valence electrons. The number of hydrogen-bond acceptors (Lipinski definition) is 25. The van der Waals surface area contributed by atoms with Gasteiger partial charge in [-0.15, -0.1) is 6.58 Å². The number of alkyl carbamates (subject to hydrolysis) is 2. The van der Waals surface area contributed by atoms with Crippen molar-refractivity contribution in [1.29, 1.82) is 0 Å². The summed E-state index contributed by atoms with van der Waals surface area (Å²) < 4.78 is 156. The van der Waals surface area contributed by atoms with E-state index >= 15 is 0 Å². The van der Waals surface area contributed by atoms with Crippen LogP contribution in [0.25, 0.3) is 12.2 Å². The maximum atomic E-state index is 12.2. The van der Waals surface area contributed by atoms with E-state index < -0.39 is 94.8 Å². The van der Waals surface area contributed by atoms with Gasteiger partial charge in [-0.05, 0) is 346 Å². The SMILES string of the molecule is C=CC1(O)CCCCC1.CCOC(=O)C(F)(F)F.CCOC(C)=O.C[C@@H](CN)Oc1cccc(/C=C/C2(O)CCCCC2)c1.C[C@@H](CNC(=O)C(F)(F)F)Oc1cccc(/C=C/C2(O)CCCCC2)c1.C[C@@H](CNC(=O)C(F)(F)F)Oc1cccc(I)c1.C[C@@H](CNC(=O)OC(C)(C)C)Oc1cccc(I)c1.C[C@@H](CNCl)Oc1cccc(I)c1.C[C@@H](O)CNC(=O)OC(C)(C)C.O=CO[O-].Oc1cccc(I)c1.[H-].[K+].[K+]. The van der Waals surface area contributed by atoms with Crippen LogP contribution < -0.4 is 164 Å². The summed E-state index contributed by atoms with van der Waals surface area (Å²) in [6, 6.07) is 44.8. The van der Waals surface area contributed by atoms with Crippen molar-refractivity contribution in [1.82, 2.24) is 26.1 Å². The summed E-state index contributed by atoms with van der Waals surface area (Å²) in [5.74, 6) is -2.42. The average Bonchev–Trinajstić information content (AvgIpc) is 0.861. The number of aliphatic hydroxyl groups is 4. The summed E-state index contributed by atoms with van der Waals surface area (Å²) in [6.07, 6.45) is 7.21. The van der Waals surface area contributed by atoms with E-state index in [9.17, 15) is 83.6 Å². The van der Waals surface area contributed by atoms with Gasteiger partial charge in [0.15, 0.2) is 0 Å². The van der Waals surface area contributed by atoms with Crippen LogP contribution in [0.5, 0.6) is 34.5 Å². The number of carbonyl (C=O) groups excluding carboxylic acids is 7. The molecule has 29 nitrogen and oxygen atoms in total. The molecule has 0 heterocycles. The second-order valence-electron chi connectivity index (χ2n) is 34.4. The van der Waals surface area contributed by atoms with E-state index in [-0.39, 0.29) is 161 Å². The monoisotopic (exact) mass is 2600 g/mol. The molecule has 146 heavy (non-hydrogen) atoms. The largest absolute Gasteiger partial charge is 1.00 e. The zero-order valence-corrected chi connectivity index (χ0v) is 101. The number of benzene rings is 6. The van der Waals surface area contributed by atoms with Gasteiger partial charge in [0, 0.05) is 40.8 Å². The number of ether oxygens (including phenoxy) is 9. The number of phenolic OH excluding ortho intramolecular Hbond substituents is 1. The van der Waals surface area contributed by atoms with E-state index in [4.69, 9.17) is 70.9 Å². The number of aliphatic hydroxyl groups excluding tert-OH is 1. The van der Waals surface area contributed by atoms with Crippen LogP contribution in [0.15, 0.2) is 170 Å². The van der Waals surface area contributed by atoms with Crippen LogP contribution in [0.3, 0.4) is 0 Å². The minimum absolute atomic E-state index is 0. The number of aromatic hydroxyl groups is 1. The summed E-state index contributed by atoms with van der Waals surface area (Å²) in [5.41, 5.74) is 4.55. The molecule has 6 atom stereocenters. The average molecular weight is 2600 g/mol. The normalized spacial score (nSPS) is 14.7. The Morgan fingerprint density at radius 3 is 1.00 bits per heavy atom. The molecule has 45 heteroatoms. The topological polar surface area (TPSA) is 422 Å². The Hall–Kier alpha value is -5.20. The first-order chi connectivity index (χ1) is 67.1. The van der Waals surface area contributed by atoms with E-state index in [2.05, 4.69) is 127 Å². The molecule has 0 saturated heterocycles. The van der Waals surface area contributed by atoms with E-state index in [1.165, 1.54) is 30.3 Å². The molecule has 9 rings (SSSR count). The van der Waals surface area contributed by atoms with Crippen LogP contribution >= 0.6 is 102 Å². The minimum atomic E-state index is -4.90. The summed E-state index contributed by atoms with van der Waals surface area (Å²) in [7, 11) is 0. The smallest absolute Gasteiger partial charge is 1.00 e. The third-order valence-corrected chi connectivity index (χ3v) is 21.2. The maximum absolute atomic E-state index is 12.2. The Morgan fingerprint density at radius 2 is 0.760 bits per heavy atom. The van der Waals surface area contributed by atoms with Crippen LogP contribution in [-0.4, -0.2) is 204 Å². The first kappa shape index (κ1) is 147. The van der Waals surface area contributed by atoms with Crippen LogP contribution in [0, 0.1) is 14.3 Å². The number of amides is 4. The Kier molecular flexibility index (Phi) is 81.2. The second kappa shape index (κ2) is 80.6. The number of esters is 2. The molecule has 0 spiro atoms. The quantitative estimate of drug-likeness (QED) is 0.00198. The van der Waals surface area contributed by atoms with Gasteiger partial charge in [-0.25, -0.2) is 19.2 Å². The standard InChI is InChI=1S/C19H24F3NO3.C17H25NO2.C14H20INO3.C11H11F3INO2.C9H11ClINO.C8H17NO3.C8H14O.C6H5IO.C4H5F3O2.C4H8O2.CH2O3.2K.H/c1-14(13-23-17(24)19(20,21)22)26-16-7-5-6-15(12-16)8-11-18(25)9-3-2-4-10-18;1-14(13-18)20-16-7-5-6-15(12-16)8-11-17(19)9-3-2-4-10-17;1-10(9-16-13(17)19-14(2,3)4)18-12-7-5-6-11(15)8-12;1-7(6-16-10(17)11(12,13)14)18-9-4-2-3-8(15)5-9;1-7(6-12-10)13-9-4-2-3-8(11)5-9;1-6(10)5-9-7(11)12-8(2,3)4;1-2-8(9)6-4-3-5-7-8;7-5-2-1-3-6(8)4-5;1-2-9-3(8)4(5,6)7;1-3-6-4(2)5;2-1-4-3;;;/h5-8,11-12,14,25H,2-4,9-10,13H2,1H3,(H,23,24);5-8,11-12,14,19H,2-4,9-10,13,18H2,1H3;5-8,10H,9H2,1-4H3,(H,16,17);2-5,7H,6H2,1H3,(H,16,17);2-5,7,12H,6H2,1H3;6,10H,5H2,1-4H3,(H,9,11);2,9H,1,3-7H2;1-4,8H;2H2,1H3;3H2,1-2H3;1,3H;;;/q;;;;;;;;;;;2*+1;-1/p-1/b2*11-8+;;;;;;;;;;;;/t2*14-;10-;2*7-;6-;;;;;;;;/m000001......../s1. The third kappa shape index (κ3) is 81.5. The number of alkyl halides is 9. The van der Waals surface area contributed by atoms with Gasteiger partial charge in [0.1, 0.15) is 76.2 Å². The molecule has 3 saturated carbocycles. The third-order valence-electron chi connectivity index (χ3n) is 18.4. The predicted molar refractivity (Wildman–Crippen MR) is 568 cm³/mol. The van der Waals surface area contributed by atoms with Gasteiger partial charge in [0.2, 0.25) is 0 Å². The fourth-order valence-electron chi connectivity index (χ4n) is 11.7. The van der Waals surface area contributed by atoms with Crippen molar-refractivity contribution in [2.24, 2.45) is 5.73 Å². The summed E-state index contributed by atoms with van der Waals surface area (Å²) in [6.45, 7) is 30.9. The first-order valence-electron chi connectivity index (χ1n) is 46.0. The molecule has 3 fully saturated rings. The molecule has 0 radical (unpaired) electrons. The molecule has 6 aromatic rings. The van der Waals surface area contributed by atoms with Crippen molar-refractivity contribution in [2.75, 3.05) is 52.5 Å². The molecule has 3 aliphatic carbocycles. The molecule has 0 bridgehead atoms. The molecule has 0 unspecified atom stereocenters. The molecule has 4 amide bonds. The van der Waals surface area contributed by atoms with Gasteiger partial charge in [0.05, 0.1) is 55.8 Å². The zero-order chi connectivity index (χ0) is 110. The van der Waals surface area contributed by atoms with Gasteiger partial charge < -0.3 is 107 Å². The Labute approximate surface area is 998 Å². The Balaban J connectivity index is -0.000000517. The van der Waals surface area contributed by atoms with Crippen LogP contribution in [0.2, 0.25) is 0 Å². The van der Waals surface area contributed by atoms with Crippen molar-refractivity contribution >= 4 is 157 Å². The fourth-order valence-corrected chi connectivity index (χ4v) is 14.0. The van der Waals surface area contributed by atoms with Gasteiger partial charge >= 0.3 is 157 Å². The molecule has 0 aliphatic heterocycles. The number of nitrogens with one attached hydrogen (secondary N) is 5. The Bertz CT molecular complexity index is 4680. The number of hydrogen-bond donors (Lipinski definition) is 11.